The van der Waals surface area contributed by atoms with E-state index in [1.807, 2.05) is 25.1 Å². The number of halogens is 1. The summed E-state index contributed by atoms with van der Waals surface area (Å²) < 4.78 is 0.991. The summed E-state index contributed by atoms with van der Waals surface area (Å²) in [6.45, 7) is 3.82. The highest BCUT2D eigenvalue weighted by Gasteiger charge is 2.17. The Labute approximate surface area is 135 Å². The summed E-state index contributed by atoms with van der Waals surface area (Å²) >= 11 is 3.77. The van der Waals surface area contributed by atoms with Crippen molar-refractivity contribution in [3.63, 3.8) is 0 Å². The van der Waals surface area contributed by atoms with Crippen molar-refractivity contribution in [2.75, 3.05) is 11.9 Å². The van der Waals surface area contributed by atoms with Crippen molar-refractivity contribution in [2.24, 2.45) is 0 Å². The SMILES string of the molecule is Cc1cccc(C(=O)Nc2nc3c(s2)CNCC3)c1I. The number of carbonyl (C=O) groups is 1. The number of hydrogen-bond acceptors (Lipinski definition) is 4. The lowest BCUT2D eigenvalue weighted by Gasteiger charge is -2.09. The molecule has 6 heteroatoms. The van der Waals surface area contributed by atoms with Gasteiger partial charge in [0.05, 0.1) is 11.3 Å². The van der Waals surface area contributed by atoms with E-state index >= 15 is 0 Å². The molecule has 2 aromatic rings. The van der Waals surface area contributed by atoms with Crippen molar-refractivity contribution >= 4 is 45.0 Å². The van der Waals surface area contributed by atoms with Gasteiger partial charge in [0.2, 0.25) is 0 Å². The second-order valence-corrected chi connectivity index (χ2v) is 6.87. The molecule has 1 aliphatic rings. The topological polar surface area (TPSA) is 54.0 Å². The van der Waals surface area contributed by atoms with Gasteiger partial charge in [-0.2, -0.15) is 0 Å². The predicted octanol–water partition coefficient (Wildman–Crippen LogP) is 2.95. The highest BCUT2D eigenvalue weighted by Crippen LogP contribution is 2.26. The molecule has 104 valence electrons. The van der Waals surface area contributed by atoms with Crippen LogP contribution in [0.5, 0.6) is 0 Å². The van der Waals surface area contributed by atoms with E-state index in [0.717, 1.165) is 34.3 Å². The minimum atomic E-state index is -0.0860. The number of aromatic nitrogens is 1. The molecule has 0 bridgehead atoms. The van der Waals surface area contributed by atoms with E-state index in [9.17, 15) is 4.79 Å². The van der Waals surface area contributed by atoms with Gasteiger partial charge in [0.1, 0.15) is 0 Å². The largest absolute Gasteiger partial charge is 0.311 e. The average molecular weight is 399 g/mol. The minimum Gasteiger partial charge on any atom is -0.311 e. The Hall–Kier alpha value is -0.990. The van der Waals surface area contributed by atoms with Crippen LogP contribution < -0.4 is 10.6 Å². The molecule has 4 nitrogen and oxygen atoms in total. The van der Waals surface area contributed by atoms with Crippen molar-refractivity contribution in [1.29, 1.82) is 0 Å². The molecule has 0 saturated heterocycles. The van der Waals surface area contributed by atoms with Crippen molar-refractivity contribution < 1.29 is 4.79 Å². The molecule has 1 aromatic carbocycles. The number of rotatable bonds is 2. The van der Waals surface area contributed by atoms with E-state index in [0.29, 0.717) is 10.7 Å². The van der Waals surface area contributed by atoms with Crippen LogP contribution in [0.2, 0.25) is 0 Å². The fraction of sp³-hybridized carbons (Fsp3) is 0.286. The summed E-state index contributed by atoms with van der Waals surface area (Å²) in [5.74, 6) is -0.0860. The number of amides is 1. The van der Waals surface area contributed by atoms with Gasteiger partial charge in [-0.05, 0) is 41.1 Å². The zero-order valence-electron chi connectivity index (χ0n) is 11.0. The van der Waals surface area contributed by atoms with Gasteiger partial charge in [-0.15, -0.1) is 11.3 Å². The third-order valence-electron chi connectivity index (χ3n) is 3.26. The average Bonchev–Trinajstić information content (AvgIpc) is 2.83. The Morgan fingerprint density at radius 3 is 3.15 bits per heavy atom. The molecule has 2 heterocycles. The fourth-order valence-corrected chi connectivity index (χ4v) is 3.74. The Morgan fingerprint density at radius 1 is 1.50 bits per heavy atom. The van der Waals surface area contributed by atoms with Crippen molar-refractivity contribution in [3.05, 3.63) is 43.5 Å². The molecule has 1 aliphatic heterocycles. The van der Waals surface area contributed by atoms with Gasteiger partial charge in [-0.25, -0.2) is 4.98 Å². The van der Waals surface area contributed by atoms with Gasteiger partial charge in [0.15, 0.2) is 5.13 Å². The van der Waals surface area contributed by atoms with Crippen molar-refractivity contribution in [3.8, 4) is 0 Å². The first-order valence-corrected chi connectivity index (χ1v) is 8.30. The van der Waals surface area contributed by atoms with Crippen molar-refractivity contribution in [2.45, 2.75) is 19.9 Å². The maximum absolute atomic E-state index is 12.3. The first kappa shape index (κ1) is 14.0. The van der Waals surface area contributed by atoms with E-state index in [1.165, 1.54) is 4.88 Å². The highest BCUT2D eigenvalue weighted by atomic mass is 127. The number of carbonyl (C=O) groups excluding carboxylic acids is 1. The highest BCUT2D eigenvalue weighted by molar-refractivity contribution is 14.1. The van der Waals surface area contributed by atoms with E-state index in [2.05, 4.69) is 38.2 Å². The molecule has 0 unspecified atom stereocenters. The number of nitrogens with one attached hydrogen (secondary N) is 2. The number of anilines is 1. The zero-order valence-corrected chi connectivity index (χ0v) is 14.0. The summed E-state index contributed by atoms with van der Waals surface area (Å²) in [5.41, 5.74) is 2.93. The molecule has 0 spiro atoms. The zero-order chi connectivity index (χ0) is 14.1. The van der Waals surface area contributed by atoms with Crippen molar-refractivity contribution in [1.82, 2.24) is 10.3 Å². The molecule has 0 fully saturated rings. The second-order valence-electron chi connectivity index (χ2n) is 4.71. The van der Waals surface area contributed by atoms with Crippen LogP contribution in [-0.2, 0) is 13.0 Å². The molecule has 0 saturated carbocycles. The van der Waals surface area contributed by atoms with E-state index in [-0.39, 0.29) is 5.91 Å². The van der Waals surface area contributed by atoms with Crippen LogP contribution in [0.25, 0.3) is 0 Å². The van der Waals surface area contributed by atoms with E-state index < -0.39 is 0 Å². The molecule has 1 aromatic heterocycles. The molecule has 20 heavy (non-hydrogen) atoms. The van der Waals surface area contributed by atoms with Gasteiger partial charge in [0.25, 0.3) is 5.91 Å². The quantitative estimate of drug-likeness (QED) is 0.764. The van der Waals surface area contributed by atoms with Gasteiger partial charge in [-0.1, -0.05) is 12.1 Å². The van der Waals surface area contributed by atoms with Gasteiger partial charge >= 0.3 is 0 Å². The Balaban J connectivity index is 1.82. The monoisotopic (exact) mass is 399 g/mol. The summed E-state index contributed by atoms with van der Waals surface area (Å²) in [7, 11) is 0. The number of benzene rings is 1. The lowest BCUT2D eigenvalue weighted by atomic mass is 10.1. The summed E-state index contributed by atoms with van der Waals surface area (Å²) in [4.78, 5) is 18.1. The van der Waals surface area contributed by atoms with Crippen LogP contribution in [0.15, 0.2) is 18.2 Å². The molecular formula is C14H14IN3OS. The lowest BCUT2D eigenvalue weighted by molar-refractivity contribution is 0.102. The normalized spacial score (nSPS) is 13.9. The maximum atomic E-state index is 12.3. The summed E-state index contributed by atoms with van der Waals surface area (Å²) in [6.07, 6.45) is 0.934. The first-order valence-electron chi connectivity index (χ1n) is 6.41. The van der Waals surface area contributed by atoms with Crippen LogP contribution in [0.1, 0.15) is 26.5 Å². The number of thiazole rings is 1. The van der Waals surface area contributed by atoms with Crippen LogP contribution >= 0.6 is 33.9 Å². The molecular weight excluding hydrogens is 385 g/mol. The molecule has 1 amide bonds. The van der Waals surface area contributed by atoms with Crippen LogP contribution in [0.3, 0.4) is 0 Å². The molecule has 3 rings (SSSR count). The van der Waals surface area contributed by atoms with Crippen LogP contribution in [0, 0.1) is 10.5 Å². The predicted molar refractivity (Wildman–Crippen MR) is 89.4 cm³/mol. The van der Waals surface area contributed by atoms with E-state index in [4.69, 9.17) is 0 Å². The van der Waals surface area contributed by atoms with Gasteiger partial charge in [0, 0.05) is 28.0 Å². The maximum Gasteiger partial charge on any atom is 0.258 e. The third kappa shape index (κ3) is 2.72. The standard InChI is InChI=1S/C14H14IN3OS/c1-8-3-2-4-9(12(8)15)13(19)18-14-17-10-5-6-16-7-11(10)20-14/h2-4,16H,5-7H2,1H3,(H,17,18,19). The smallest absolute Gasteiger partial charge is 0.258 e. The summed E-state index contributed by atoms with van der Waals surface area (Å²) in [6, 6.07) is 5.76. The minimum absolute atomic E-state index is 0.0860. The lowest BCUT2D eigenvalue weighted by Crippen LogP contribution is -2.22. The fourth-order valence-electron chi connectivity index (χ4n) is 2.17. The molecule has 0 aliphatic carbocycles. The summed E-state index contributed by atoms with van der Waals surface area (Å²) in [5, 5.41) is 6.93. The number of hydrogen-bond donors (Lipinski definition) is 2. The third-order valence-corrected chi connectivity index (χ3v) is 5.70. The Bertz CT molecular complexity index is 645. The Kier molecular flexibility index (Phi) is 4.04. The number of nitrogens with zero attached hydrogens (tertiary/aromatic N) is 1. The van der Waals surface area contributed by atoms with Gasteiger partial charge < -0.3 is 5.32 Å². The number of fused-ring (bicyclic) bond motifs is 1. The van der Waals surface area contributed by atoms with E-state index in [1.54, 1.807) is 11.3 Å². The van der Waals surface area contributed by atoms with Crippen LogP contribution in [-0.4, -0.2) is 17.4 Å². The second kappa shape index (κ2) is 5.79. The van der Waals surface area contributed by atoms with Gasteiger partial charge in [-0.3, -0.25) is 10.1 Å². The molecule has 2 N–H and O–H groups in total. The number of aryl methyl sites for hydroxylation is 1. The van der Waals surface area contributed by atoms with Crippen LogP contribution in [0.4, 0.5) is 5.13 Å². The first-order chi connectivity index (χ1) is 9.65. The molecule has 0 atom stereocenters. The molecule has 0 radical (unpaired) electrons. The Morgan fingerprint density at radius 2 is 2.35 bits per heavy atom.